The molecule has 0 bridgehead atoms. The van der Waals surface area contributed by atoms with Gasteiger partial charge >= 0.3 is 0 Å². The zero-order valence-corrected chi connectivity index (χ0v) is 20.1. The molecular weight excluding hydrogens is 438 g/mol. The Labute approximate surface area is 202 Å². The molecule has 0 aliphatic carbocycles. The van der Waals surface area contributed by atoms with Crippen LogP contribution in [0.2, 0.25) is 0 Å². The first kappa shape index (κ1) is 26.4. The Balaban J connectivity index is 1.25. The summed E-state index contributed by atoms with van der Waals surface area (Å²) >= 11 is 0. The van der Waals surface area contributed by atoms with Gasteiger partial charge in [-0.2, -0.15) is 0 Å². The zero-order chi connectivity index (χ0) is 24.2. The number of halogens is 2. The summed E-state index contributed by atoms with van der Waals surface area (Å²) in [5.74, 6) is -0.579. The van der Waals surface area contributed by atoms with Crippen molar-refractivity contribution >= 4 is 0 Å². The van der Waals surface area contributed by atoms with Crippen LogP contribution in [0.25, 0.3) is 0 Å². The minimum Gasteiger partial charge on any atom is -0.491 e. The number of aliphatic hydroxyl groups is 1. The molecule has 0 aromatic heterocycles. The average molecular weight is 477 g/mol. The molecule has 1 aliphatic heterocycles. The fourth-order valence-corrected chi connectivity index (χ4v) is 3.99. The largest absolute Gasteiger partial charge is 0.491 e. The molecule has 0 amide bonds. The third-order valence-corrected chi connectivity index (χ3v) is 6.35. The van der Waals surface area contributed by atoms with Gasteiger partial charge in [-0.3, -0.25) is 0 Å². The summed E-state index contributed by atoms with van der Waals surface area (Å²) in [5, 5.41) is 13.5. The fourth-order valence-electron chi connectivity index (χ4n) is 3.99. The van der Waals surface area contributed by atoms with Crippen molar-refractivity contribution in [2.45, 2.75) is 51.2 Å². The van der Waals surface area contributed by atoms with E-state index in [0.29, 0.717) is 31.4 Å². The number of nitrogens with zero attached hydrogens (tertiary/aromatic N) is 1. The fraction of sp³-hybridized carbons (Fsp3) is 0.556. The van der Waals surface area contributed by atoms with Gasteiger partial charge in [0.05, 0.1) is 0 Å². The highest BCUT2D eigenvalue weighted by atomic mass is 19.3. The average Bonchev–Trinajstić information content (AvgIpc) is 2.87. The monoisotopic (exact) mass is 476 g/mol. The summed E-state index contributed by atoms with van der Waals surface area (Å²) in [5.41, 5.74) is 1.11. The number of alkyl halides is 2. The third-order valence-electron chi connectivity index (χ3n) is 6.35. The van der Waals surface area contributed by atoms with Crippen LogP contribution in [-0.2, 0) is 6.61 Å². The number of hydrogen-bond acceptors (Lipinski definition) is 5. The van der Waals surface area contributed by atoms with E-state index in [1.807, 2.05) is 54.6 Å². The third kappa shape index (κ3) is 9.57. The van der Waals surface area contributed by atoms with Crippen LogP contribution >= 0.6 is 0 Å². The second kappa shape index (κ2) is 13.6. The van der Waals surface area contributed by atoms with Crippen molar-refractivity contribution in [2.24, 2.45) is 5.92 Å². The predicted octanol–water partition coefficient (Wildman–Crippen LogP) is 4.74. The van der Waals surface area contributed by atoms with E-state index in [4.69, 9.17) is 9.47 Å². The second-order valence-electron chi connectivity index (χ2n) is 9.11. The molecule has 1 heterocycles. The van der Waals surface area contributed by atoms with Gasteiger partial charge in [-0.05, 0) is 68.2 Å². The first-order valence-corrected chi connectivity index (χ1v) is 12.3. The van der Waals surface area contributed by atoms with Crippen LogP contribution in [0.5, 0.6) is 11.5 Å². The molecule has 5 nitrogen and oxygen atoms in total. The Morgan fingerprint density at radius 1 is 1.03 bits per heavy atom. The van der Waals surface area contributed by atoms with E-state index in [9.17, 15) is 13.9 Å². The van der Waals surface area contributed by atoms with Gasteiger partial charge in [0.25, 0.3) is 0 Å². The first-order valence-electron chi connectivity index (χ1n) is 12.3. The number of piperidine rings is 1. The van der Waals surface area contributed by atoms with Crippen molar-refractivity contribution < 1.29 is 23.4 Å². The number of aliphatic hydroxyl groups excluding tert-OH is 1. The van der Waals surface area contributed by atoms with Gasteiger partial charge in [0.1, 0.15) is 30.8 Å². The second-order valence-corrected chi connectivity index (χ2v) is 9.11. The molecule has 2 aromatic carbocycles. The quantitative estimate of drug-likeness (QED) is 0.412. The molecule has 1 saturated heterocycles. The lowest BCUT2D eigenvalue weighted by atomic mass is 9.96. The number of benzene rings is 2. The Hall–Kier alpha value is -2.22. The molecule has 0 radical (unpaired) electrons. The van der Waals surface area contributed by atoms with Gasteiger partial charge in [-0.25, -0.2) is 8.78 Å². The van der Waals surface area contributed by atoms with Gasteiger partial charge in [-0.1, -0.05) is 37.3 Å². The molecule has 3 rings (SSSR count). The van der Waals surface area contributed by atoms with Crippen molar-refractivity contribution in [3.63, 3.8) is 0 Å². The first-order chi connectivity index (χ1) is 16.4. The Bertz CT molecular complexity index is 812. The summed E-state index contributed by atoms with van der Waals surface area (Å²) in [6, 6.07) is 17.4. The van der Waals surface area contributed by atoms with E-state index in [0.717, 1.165) is 43.8 Å². The maximum absolute atomic E-state index is 13.4. The maximum Gasteiger partial charge on any atom is 0.249 e. The van der Waals surface area contributed by atoms with Crippen molar-refractivity contribution in [2.75, 3.05) is 39.3 Å². The molecule has 188 valence electrons. The SMILES string of the molecule is CCC(F)(F)CCN1CCC(CNC[C@H](O)COc2ccc(OCc3ccccc3)cc2)CC1. The molecule has 1 aliphatic rings. The predicted molar refractivity (Wildman–Crippen MR) is 131 cm³/mol. The van der Waals surface area contributed by atoms with E-state index in [2.05, 4.69) is 10.2 Å². The number of hydrogen-bond donors (Lipinski definition) is 2. The van der Waals surface area contributed by atoms with E-state index >= 15 is 0 Å². The number of rotatable bonds is 14. The number of nitrogens with one attached hydrogen (secondary N) is 1. The molecule has 34 heavy (non-hydrogen) atoms. The highest BCUT2D eigenvalue weighted by Gasteiger charge is 2.28. The minimum absolute atomic E-state index is 0.0535. The lowest BCUT2D eigenvalue weighted by Crippen LogP contribution is -2.40. The van der Waals surface area contributed by atoms with Crippen LogP contribution in [0.15, 0.2) is 54.6 Å². The molecule has 1 fully saturated rings. The van der Waals surface area contributed by atoms with Gasteiger partial charge in [0.2, 0.25) is 5.92 Å². The van der Waals surface area contributed by atoms with Gasteiger partial charge < -0.3 is 24.8 Å². The van der Waals surface area contributed by atoms with Crippen molar-refractivity contribution in [3.8, 4) is 11.5 Å². The van der Waals surface area contributed by atoms with Crippen molar-refractivity contribution in [1.29, 1.82) is 0 Å². The molecule has 2 aromatic rings. The smallest absolute Gasteiger partial charge is 0.249 e. The highest BCUT2D eigenvalue weighted by molar-refractivity contribution is 5.31. The lowest BCUT2D eigenvalue weighted by Gasteiger charge is -2.33. The number of likely N-dealkylation sites (tertiary alicyclic amines) is 1. The van der Waals surface area contributed by atoms with E-state index in [1.54, 1.807) is 0 Å². The van der Waals surface area contributed by atoms with Gasteiger partial charge in [0, 0.05) is 25.9 Å². The van der Waals surface area contributed by atoms with Gasteiger partial charge in [-0.15, -0.1) is 0 Å². The molecule has 1 atom stereocenters. The van der Waals surface area contributed by atoms with Gasteiger partial charge in [0.15, 0.2) is 0 Å². The highest BCUT2D eigenvalue weighted by Crippen LogP contribution is 2.24. The van der Waals surface area contributed by atoms with E-state index in [1.165, 1.54) is 6.92 Å². The minimum atomic E-state index is -2.55. The molecule has 2 N–H and O–H groups in total. The summed E-state index contributed by atoms with van der Waals surface area (Å²) in [7, 11) is 0. The van der Waals surface area contributed by atoms with Crippen LogP contribution in [0.1, 0.15) is 38.2 Å². The molecule has 7 heteroatoms. The topological polar surface area (TPSA) is 54.0 Å². The van der Waals surface area contributed by atoms with E-state index in [-0.39, 0.29) is 19.4 Å². The van der Waals surface area contributed by atoms with Crippen LogP contribution in [0.3, 0.4) is 0 Å². The maximum atomic E-state index is 13.4. The zero-order valence-electron chi connectivity index (χ0n) is 20.1. The summed E-state index contributed by atoms with van der Waals surface area (Å²) in [4.78, 5) is 2.14. The standard InChI is InChI=1S/C27H38F2N2O3/c1-2-27(28,29)14-17-31-15-12-22(13-16-31)18-30-19-24(32)21-34-26-10-8-25(9-11-26)33-20-23-6-4-3-5-7-23/h3-11,22,24,30,32H,2,12-21H2,1H3/t24-/m0/s1. The van der Waals surface area contributed by atoms with E-state index < -0.39 is 12.0 Å². The Kier molecular flexibility index (Phi) is 10.6. The molecular formula is C27H38F2N2O3. The summed E-state index contributed by atoms with van der Waals surface area (Å²) in [6.07, 6.45) is 1.24. The normalized spacial score (nSPS) is 16.4. The van der Waals surface area contributed by atoms with Crippen LogP contribution in [-0.4, -0.2) is 61.4 Å². The number of ether oxygens (including phenoxy) is 2. The van der Waals surface area contributed by atoms with Crippen molar-refractivity contribution in [3.05, 3.63) is 60.2 Å². The summed E-state index contributed by atoms with van der Waals surface area (Å²) < 4.78 is 38.3. The molecule has 0 unspecified atom stereocenters. The Morgan fingerprint density at radius 3 is 2.32 bits per heavy atom. The van der Waals surface area contributed by atoms with Crippen molar-refractivity contribution in [1.82, 2.24) is 10.2 Å². The van der Waals surface area contributed by atoms with Crippen LogP contribution in [0, 0.1) is 5.92 Å². The van der Waals surface area contributed by atoms with Crippen LogP contribution in [0.4, 0.5) is 8.78 Å². The lowest BCUT2D eigenvalue weighted by molar-refractivity contribution is -0.0218. The molecule has 0 spiro atoms. The molecule has 0 saturated carbocycles. The van der Waals surface area contributed by atoms with Crippen LogP contribution < -0.4 is 14.8 Å². The Morgan fingerprint density at radius 2 is 1.68 bits per heavy atom. The summed E-state index contributed by atoms with van der Waals surface area (Å²) in [6.45, 7) is 5.74.